The molecule has 1 aliphatic rings. The van der Waals surface area contributed by atoms with Crippen molar-refractivity contribution in [3.8, 4) is 17.1 Å². The highest BCUT2D eigenvalue weighted by Gasteiger charge is 2.20. The zero-order valence-electron chi connectivity index (χ0n) is 10.3. The Morgan fingerprint density at radius 3 is 3.00 bits per heavy atom. The number of hydrogen-bond donors (Lipinski definition) is 2. The van der Waals surface area contributed by atoms with E-state index in [1.165, 1.54) is 6.42 Å². The topological polar surface area (TPSA) is 62.8 Å². The SMILES string of the molecule is COc1ccccc1-c1n[nH]c([C@@H]2CCCN2)n1. The van der Waals surface area contributed by atoms with Gasteiger partial charge in [0.15, 0.2) is 5.82 Å². The van der Waals surface area contributed by atoms with E-state index in [0.29, 0.717) is 11.9 Å². The third-order valence-electron chi connectivity index (χ3n) is 3.24. The molecule has 0 spiro atoms. The second kappa shape index (κ2) is 4.78. The first-order valence-corrected chi connectivity index (χ1v) is 6.17. The Hall–Kier alpha value is -1.88. The molecule has 94 valence electrons. The predicted octanol–water partition coefficient (Wildman–Crippen LogP) is 1.90. The molecule has 0 amide bonds. The molecule has 5 nitrogen and oxygen atoms in total. The number of rotatable bonds is 3. The minimum atomic E-state index is 0.306. The number of aromatic nitrogens is 3. The quantitative estimate of drug-likeness (QED) is 0.865. The molecular weight excluding hydrogens is 228 g/mol. The first-order valence-electron chi connectivity index (χ1n) is 6.17. The number of para-hydroxylation sites is 1. The molecular formula is C13H16N4O. The summed E-state index contributed by atoms with van der Waals surface area (Å²) in [5.41, 5.74) is 0.917. The van der Waals surface area contributed by atoms with Gasteiger partial charge in [0.1, 0.15) is 11.6 Å². The van der Waals surface area contributed by atoms with Crippen LogP contribution in [0, 0.1) is 0 Å². The van der Waals surface area contributed by atoms with E-state index in [2.05, 4.69) is 20.5 Å². The van der Waals surface area contributed by atoms with Gasteiger partial charge in [0.05, 0.1) is 18.7 Å². The summed E-state index contributed by atoms with van der Waals surface area (Å²) in [5.74, 6) is 2.40. The number of aromatic amines is 1. The molecule has 5 heteroatoms. The fourth-order valence-electron chi connectivity index (χ4n) is 2.30. The molecule has 1 aliphatic heterocycles. The van der Waals surface area contributed by atoms with Crippen LogP contribution >= 0.6 is 0 Å². The van der Waals surface area contributed by atoms with E-state index in [0.717, 1.165) is 30.1 Å². The van der Waals surface area contributed by atoms with Crippen molar-refractivity contribution in [2.75, 3.05) is 13.7 Å². The number of hydrogen-bond acceptors (Lipinski definition) is 4. The van der Waals surface area contributed by atoms with Crippen molar-refractivity contribution in [3.05, 3.63) is 30.1 Å². The van der Waals surface area contributed by atoms with Crippen LogP contribution in [0.15, 0.2) is 24.3 Å². The third-order valence-corrected chi connectivity index (χ3v) is 3.24. The van der Waals surface area contributed by atoms with Crippen molar-refractivity contribution < 1.29 is 4.74 Å². The molecule has 0 unspecified atom stereocenters. The highest BCUT2D eigenvalue weighted by Crippen LogP contribution is 2.28. The molecule has 1 atom stereocenters. The number of nitrogens with one attached hydrogen (secondary N) is 2. The van der Waals surface area contributed by atoms with Crippen molar-refractivity contribution in [2.45, 2.75) is 18.9 Å². The molecule has 2 heterocycles. The average molecular weight is 244 g/mol. The lowest BCUT2D eigenvalue weighted by Crippen LogP contribution is -2.14. The van der Waals surface area contributed by atoms with Gasteiger partial charge in [0.2, 0.25) is 0 Å². The summed E-state index contributed by atoms with van der Waals surface area (Å²) in [6.45, 7) is 1.05. The van der Waals surface area contributed by atoms with Gasteiger partial charge in [-0.1, -0.05) is 12.1 Å². The molecule has 2 aromatic rings. The van der Waals surface area contributed by atoms with Gasteiger partial charge in [-0.3, -0.25) is 5.10 Å². The van der Waals surface area contributed by atoms with Crippen LogP contribution in [0.25, 0.3) is 11.4 Å². The third kappa shape index (κ3) is 1.97. The van der Waals surface area contributed by atoms with Crippen LogP contribution in [0.2, 0.25) is 0 Å². The van der Waals surface area contributed by atoms with Crippen molar-refractivity contribution in [3.63, 3.8) is 0 Å². The largest absolute Gasteiger partial charge is 0.496 e. The van der Waals surface area contributed by atoms with E-state index in [1.54, 1.807) is 7.11 Å². The summed E-state index contributed by atoms with van der Waals surface area (Å²) in [4.78, 5) is 4.56. The smallest absolute Gasteiger partial charge is 0.184 e. The fourth-order valence-corrected chi connectivity index (χ4v) is 2.30. The van der Waals surface area contributed by atoms with Gasteiger partial charge in [0.25, 0.3) is 0 Å². The van der Waals surface area contributed by atoms with Crippen LogP contribution in [0.5, 0.6) is 5.75 Å². The normalized spacial score (nSPS) is 19.1. The van der Waals surface area contributed by atoms with E-state index in [4.69, 9.17) is 4.74 Å². The Morgan fingerprint density at radius 2 is 2.22 bits per heavy atom. The van der Waals surface area contributed by atoms with E-state index >= 15 is 0 Å². The number of benzene rings is 1. The minimum absolute atomic E-state index is 0.306. The summed E-state index contributed by atoms with van der Waals surface area (Å²) < 4.78 is 5.32. The molecule has 1 saturated heterocycles. The molecule has 0 aliphatic carbocycles. The number of methoxy groups -OCH3 is 1. The highest BCUT2D eigenvalue weighted by atomic mass is 16.5. The molecule has 1 aromatic carbocycles. The monoisotopic (exact) mass is 244 g/mol. The Bertz CT molecular complexity index is 531. The molecule has 0 bridgehead atoms. The Balaban J connectivity index is 1.92. The number of H-pyrrole nitrogens is 1. The Labute approximate surface area is 106 Å². The van der Waals surface area contributed by atoms with Crippen LogP contribution in [-0.4, -0.2) is 28.8 Å². The Kier molecular flexibility index (Phi) is 2.98. The number of nitrogens with zero attached hydrogens (tertiary/aromatic N) is 2. The van der Waals surface area contributed by atoms with Gasteiger partial charge >= 0.3 is 0 Å². The number of ether oxygens (including phenoxy) is 1. The highest BCUT2D eigenvalue weighted by molar-refractivity contribution is 5.63. The van der Waals surface area contributed by atoms with E-state index < -0.39 is 0 Å². The van der Waals surface area contributed by atoms with E-state index in [1.807, 2.05) is 24.3 Å². The van der Waals surface area contributed by atoms with Gasteiger partial charge in [0, 0.05) is 0 Å². The van der Waals surface area contributed by atoms with Crippen molar-refractivity contribution in [1.29, 1.82) is 0 Å². The lowest BCUT2D eigenvalue weighted by Gasteiger charge is -2.05. The van der Waals surface area contributed by atoms with E-state index in [9.17, 15) is 0 Å². The minimum Gasteiger partial charge on any atom is -0.496 e. The maximum atomic E-state index is 5.32. The van der Waals surface area contributed by atoms with Gasteiger partial charge in [-0.05, 0) is 31.5 Å². The molecule has 1 fully saturated rings. The van der Waals surface area contributed by atoms with Gasteiger partial charge < -0.3 is 10.1 Å². The summed E-state index contributed by atoms with van der Waals surface area (Å²) in [6.07, 6.45) is 2.30. The van der Waals surface area contributed by atoms with E-state index in [-0.39, 0.29) is 0 Å². The molecule has 0 saturated carbocycles. The van der Waals surface area contributed by atoms with Gasteiger partial charge in [-0.25, -0.2) is 4.98 Å². The van der Waals surface area contributed by atoms with Crippen molar-refractivity contribution in [1.82, 2.24) is 20.5 Å². The van der Waals surface area contributed by atoms with Crippen molar-refractivity contribution >= 4 is 0 Å². The maximum Gasteiger partial charge on any atom is 0.184 e. The summed E-state index contributed by atoms with van der Waals surface area (Å²) in [5, 5.41) is 10.7. The molecule has 2 N–H and O–H groups in total. The molecule has 0 radical (unpaired) electrons. The van der Waals surface area contributed by atoms with Crippen LogP contribution in [-0.2, 0) is 0 Å². The lowest BCUT2D eigenvalue weighted by atomic mass is 10.2. The zero-order valence-corrected chi connectivity index (χ0v) is 10.3. The van der Waals surface area contributed by atoms with Gasteiger partial charge in [-0.15, -0.1) is 0 Å². The van der Waals surface area contributed by atoms with Crippen LogP contribution in [0.1, 0.15) is 24.7 Å². The first-order chi connectivity index (χ1) is 8.88. The van der Waals surface area contributed by atoms with Crippen LogP contribution in [0.3, 0.4) is 0 Å². The molecule has 18 heavy (non-hydrogen) atoms. The summed E-state index contributed by atoms with van der Waals surface area (Å²) in [7, 11) is 1.66. The second-order valence-corrected chi connectivity index (χ2v) is 4.39. The van der Waals surface area contributed by atoms with Crippen LogP contribution in [0.4, 0.5) is 0 Å². The maximum absolute atomic E-state index is 5.32. The standard InChI is InChI=1S/C13H16N4O/c1-18-11-7-3-2-5-9(11)12-15-13(17-16-12)10-6-4-8-14-10/h2-3,5,7,10,14H,4,6,8H2,1H3,(H,15,16,17)/t10-/m0/s1. The van der Waals surface area contributed by atoms with Gasteiger partial charge in [-0.2, -0.15) is 5.10 Å². The molecule has 1 aromatic heterocycles. The Morgan fingerprint density at radius 1 is 1.33 bits per heavy atom. The predicted molar refractivity (Wildman–Crippen MR) is 68.3 cm³/mol. The average Bonchev–Trinajstić information content (AvgIpc) is 3.09. The molecule has 3 rings (SSSR count). The summed E-state index contributed by atoms with van der Waals surface area (Å²) >= 11 is 0. The van der Waals surface area contributed by atoms with Crippen molar-refractivity contribution in [2.24, 2.45) is 0 Å². The fraction of sp³-hybridized carbons (Fsp3) is 0.385. The van der Waals surface area contributed by atoms with Crippen LogP contribution < -0.4 is 10.1 Å². The summed E-state index contributed by atoms with van der Waals surface area (Å²) in [6, 6.07) is 8.09. The second-order valence-electron chi connectivity index (χ2n) is 4.39. The first kappa shape index (κ1) is 11.2. The lowest BCUT2D eigenvalue weighted by molar-refractivity contribution is 0.416. The zero-order chi connectivity index (χ0) is 12.4.